The summed E-state index contributed by atoms with van der Waals surface area (Å²) in [5.74, 6) is -0.133. The van der Waals surface area contributed by atoms with Crippen LogP contribution in [0, 0.1) is 0 Å². The van der Waals surface area contributed by atoms with E-state index >= 15 is 0 Å². The van der Waals surface area contributed by atoms with Gasteiger partial charge in [-0.1, -0.05) is 6.92 Å². The summed E-state index contributed by atoms with van der Waals surface area (Å²) in [5.41, 5.74) is 0.609. The number of ether oxygens (including phenoxy) is 2. The van der Waals surface area contributed by atoms with Crippen LogP contribution in [0.2, 0.25) is 0 Å². The fourth-order valence-electron chi connectivity index (χ4n) is 1.82. The van der Waals surface area contributed by atoms with Crippen LogP contribution in [0.1, 0.15) is 31.4 Å². The van der Waals surface area contributed by atoms with Gasteiger partial charge in [0.2, 0.25) is 5.91 Å². The van der Waals surface area contributed by atoms with Crippen molar-refractivity contribution >= 4 is 11.9 Å². The van der Waals surface area contributed by atoms with Crippen molar-refractivity contribution < 1.29 is 24.2 Å². The van der Waals surface area contributed by atoms with Crippen molar-refractivity contribution in [3.8, 4) is 11.5 Å². The van der Waals surface area contributed by atoms with E-state index in [0.717, 1.165) is 0 Å². The lowest BCUT2D eigenvalue weighted by Gasteiger charge is -2.20. The van der Waals surface area contributed by atoms with E-state index in [-0.39, 0.29) is 18.7 Å². The number of carbonyl (C=O) groups excluding carboxylic acids is 1. The molecule has 0 bridgehead atoms. The van der Waals surface area contributed by atoms with Crippen LogP contribution in [0.4, 0.5) is 0 Å². The SMILES string of the molecule is CCC(=O)NC(CC(=O)O)c1ccc(OC)cc1OC. The molecule has 1 aromatic rings. The molecule has 110 valence electrons. The smallest absolute Gasteiger partial charge is 0.305 e. The lowest BCUT2D eigenvalue weighted by Crippen LogP contribution is -2.29. The number of methoxy groups -OCH3 is 2. The van der Waals surface area contributed by atoms with Crippen molar-refractivity contribution in [2.45, 2.75) is 25.8 Å². The van der Waals surface area contributed by atoms with Crippen LogP contribution < -0.4 is 14.8 Å². The van der Waals surface area contributed by atoms with Crippen molar-refractivity contribution in [1.29, 1.82) is 0 Å². The lowest BCUT2D eigenvalue weighted by atomic mass is 10.0. The summed E-state index contributed by atoms with van der Waals surface area (Å²) in [7, 11) is 3.01. The Hall–Kier alpha value is -2.24. The molecule has 0 aliphatic rings. The van der Waals surface area contributed by atoms with Gasteiger partial charge in [0.15, 0.2) is 0 Å². The molecule has 0 radical (unpaired) electrons. The van der Waals surface area contributed by atoms with Gasteiger partial charge in [-0.05, 0) is 12.1 Å². The molecule has 6 nitrogen and oxygen atoms in total. The fourth-order valence-corrected chi connectivity index (χ4v) is 1.82. The average molecular weight is 281 g/mol. The number of aliphatic carboxylic acids is 1. The number of amides is 1. The third-order valence-corrected chi connectivity index (χ3v) is 2.85. The van der Waals surface area contributed by atoms with Crippen molar-refractivity contribution in [2.24, 2.45) is 0 Å². The van der Waals surface area contributed by atoms with Gasteiger partial charge in [-0.15, -0.1) is 0 Å². The summed E-state index contributed by atoms with van der Waals surface area (Å²) in [6.07, 6.45) is 0.0724. The summed E-state index contributed by atoms with van der Waals surface area (Å²) in [5, 5.41) is 11.7. The molecule has 1 amide bonds. The average Bonchev–Trinajstić information content (AvgIpc) is 2.45. The lowest BCUT2D eigenvalue weighted by molar-refractivity contribution is -0.137. The van der Waals surface area contributed by atoms with Crippen LogP contribution in [0.25, 0.3) is 0 Å². The molecule has 0 saturated heterocycles. The van der Waals surface area contributed by atoms with E-state index in [0.29, 0.717) is 17.1 Å². The molecule has 0 saturated carbocycles. The monoisotopic (exact) mass is 281 g/mol. The van der Waals surface area contributed by atoms with E-state index in [9.17, 15) is 9.59 Å². The predicted molar refractivity (Wildman–Crippen MR) is 73.0 cm³/mol. The highest BCUT2D eigenvalue weighted by molar-refractivity contribution is 5.77. The second-order valence-electron chi connectivity index (χ2n) is 4.18. The van der Waals surface area contributed by atoms with Crippen LogP contribution >= 0.6 is 0 Å². The van der Waals surface area contributed by atoms with Gasteiger partial charge >= 0.3 is 5.97 Å². The number of carbonyl (C=O) groups is 2. The first-order chi connectivity index (χ1) is 9.51. The fraction of sp³-hybridized carbons (Fsp3) is 0.429. The standard InChI is InChI=1S/C14H19NO5/c1-4-13(16)15-11(8-14(17)18)10-6-5-9(19-2)7-12(10)20-3/h5-7,11H,4,8H2,1-3H3,(H,15,16)(H,17,18). The van der Waals surface area contributed by atoms with Gasteiger partial charge in [0.05, 0.1) is 26.7 Å². The summed E-state index contributed by atoms with van der Waals surface area (Å²) in [4.78, 5) is 22.5. The van der Waals surface area contributed by atoms with Crippen LogP contribution in [0.15, 0.2) is 18.2 Å². The van der Waals surface area contributed by atoms with E-state index in [1.807, 2.05) is 0 Å². The quantitative estimate of drug-likeness (QED) is 0.795. The Balaban J connectivity index is 3.11. The zero-order valence-corrected chi connectivity index (χ0v) is 11.8. The molecule has 2 N–H and O–H groups in total. The van der Waals surface area contributed by atoms with Gasteiger partial charge in [0.1, 0.15) is 11.5 Å². The first kappa shape index (κ1) is 15.8. The predicted octanol–water partition coefficient (Wildman–Crippen LogP) is 1.75. The van der Waals surface area contributed by atoms with E-state index in [1.165, 1.54) is 14.2 Å². The van der Waals surface area contributed by atoms with Gasteiger partial charge < -0.3 is 19.9 Å². The van der Waals surface area contributed by atoms with Gasteiger partial charge in [-0.25, -0.2) is 0 Å². The normalized spacial score (nSPS) is 11.6. The molecule has 1 unspecified atom stereocenters. The highest BCUT2D eigenvalue weighted by Gasteiger charge is 2.21. The van der Waals surface area contributed by atoms with Crippen LogP contribution in [0.3, 0.4) is 0 Å². The Morgan fingerprint density at radius 1 is 1.30 bits per heavy atom. The summed E-state index contributed by atoms with van der Waals surface area (Å²) >= 11 is 0. The summed E-state index contributed by atoms with van der Waals surface area (Å²) in [6.45, 7) is 1.71. The number of nitrogens with one attached hydrogen (secondary N) is 1. The number of benzene rings is 1. The maximum absolute atomic E-state index is 11.5. The van der Waals surface area contributed by atoms with E-state index in [2.05, 4.69) is 5.32 Å². The molecule has 1 atom stereocenters. The minimum atomic E-state index is -0.996. The molecule has 0 fully saturated rings. The number of carboxylic acid groups (broad SMARTS) is 1. The molecule has 1 aromatic carbocycles. The molecule has 0 spiro atoms. The highest BCUT2D eigenvalue weighted by atomic mass is 16.5. The van der Waals surface area contributed by atoms with Crippen molar-refractivity contribution in [2.75, 3.05) is 14.2 Å². The number of carboxylic acids is 1. The Morgan fingerprint density at radius 3 is 2.50 bits per heavy atom. The Kier molecular flexibility index (Phi) is 5.83. The van der Waals surface area contributed by atoms with Crippen molar-refractivity contribution in [3.05, 3.63) is 23.8 Å². The zero-order chi connectivity index (χ0) is 15.1. The number of rotatable bonds is 7. The van der Waals surface area contributed by atoms with E-state index in [1.54, 1.807) is 25.1 Å². The number of hydrogen-bond acceptors (Lipinski definition) is 4. The van der Waals surface area contributed by atoms with Gasteiger partial charge in [0, 0.05) is 18.1 Å². The molecular weight excluding hydrogens is 262 g/mol. The third-order valence-electron chi connectivity index (χ3n) is 2.85. The minimum Gasteiger partial charge on any atom is -0.497 e. The molecule has 0 aromatic heterocycles. The van der Waals surface area contributed by atoms with Gasteiger partial charge in [-0.2, -0.15) is 0 Å². The van der Waals surface area contributed by atoms with Crippen LogP contribution in [-0.4, -0.2) is 31.2 Å². The molecular formula is C14H19NO5. The summed E-state index contributed by atoms with van der Waals surface area (Å²) in [6, 6.07) is 4.41. The second-order valence-corrected chi connectivity index (χ2v) is 4.18. The number of hydrogen-bond donors (Lipinski definition) is 2. The molecule has 0 aliphatic carbocycles. The Bertz CT molecular complexity index is 486. The zero-order valence-electron chi connectivity index (χ0n) is 11.8. The third kappa shape index (κ3) is 4.15. The van der Waals surface area contributed by atoms with E-state index < -0.39 is 12.0 Å². The van der Waals surface area contributed by atoms with Crippen molar-refractivity contribution in [1.82, 2.24) is 5.32 Å². The molecule has 6 heteroatoms. The largest absolute Gasteiger partial charge is 0.497 e. The maximum atomic E-state index is 11.5. The minimum absolute atomic E-state index is 0.214. The highest BCUT2D eigenvalue weighted by Crippen LogP contribution is 2.31. The summed E-state index contributed by atoms with van der Waals surface area (Å²) < 4.78 is 10.3. The van der Waals surface area contributed by atoms with Gasteiger partial charge in [0.25, 0.3) is 0 Å². The molecule has 0 aliphatic heterocycles. The van der Waals surface area contributed by atoms with E-state index in [4.69, 9.17) is 14.6 Å². The van der Waals surface area contributed by atoms with Gasteiger partial charge in [-0.3, -0.25) is 9.59 Å². The first-order valence-corrected chi connectivity index (χ1v) is 6.24. The van der Waals surface area contributed by atoms with Crippen molar-refractivity contribution in [3.63, 3.8) is 0 Å². The van der Waals surface area contributed by atoms with Crippen LogP contribution in [-0.2, 0) is 9.59 Å². The molecule has 0 heterocycles. The maximum Gasteiger partial charge on any atom is 0.305 e. The first-order valence-electron chi connectivity index (χ1n) is 6.24. The molecule has 20 heavy (non-hydrogen) atoms. The Labute approximate surface area is 117 Å². The second kappa shape index (κ2) is 7.37. The van der Waals surface area contributed by atoms with Crippen LogP contribution in [0.5, 0.6) is 11.5 Å². The molecule has 1 rings (SSSR count). The topological polar surface area (TPSA) is 84.9 Å². The Morgan fingerprint density at radius 2 is 2.00 bits per heavy atom.